The number of nitrogens with zero attached hydrogens (tertiary/aromatic N) is 1. The SMILES string of the molecule is CC(CCCN)CN(Cc1ccco1)C1CC1. The largest absolute Gasteiger partial charge is 0.468 e. The van der Waals surface area contributed by atoms with Gasteiger partial charge >= 0.3 is 0 Å². The number of hydrogen-bond donors (Lipinski definition) is 1. The Morgan fingerprint density at radius 2 is 2.35 bits per heavy atom. The number of furan rings is 1. The van der Waals surface area contributed by atoms with E-state index in [1.165, 1.54) is 25.8 Å². The van der Waals surface area contributed by atoms with Gasteiger partial charge in [-0.15, -0.1) is 0 Å². The molecule has 0 saturated heterocycles. The lowest BCUT2D eigenvalue weighted by molar-refractivity contribution is 0.198. The third kappa shape index (κ3) is 4.17. The molecule has 1 aliphatic carbocycles. The van der Waals surface area contributed by atoms with Gasteiger partial charge in [-0.25, -0.2) is 0 Å². The topological polar surface area (TPSA) is 42.4 Å². The van der Waals surface area contributed by atoms with Crippen LogP contribution in [0.4, 0.5) is 0 Å². The minimum Gasteiger partial charge on any atom is -0.468 e. The lowest BCUT2D eigenvalue weighted by Crippen LogP contribution is -2.30. The van der Waals surface area contributed by atoms with Gasteiger partial charge in [0.05, 0.1) is 12.8 Å². The van der Waals surface area contributed by atoms with Crippen LogP contribution in [0.15, 0.2) is 22.8 Å². The van der Waals surface area contributed by atoms with E-state index >= 15 is 0 Å². The number of nitrogens with two attached hydrogens (primary N) is 1. The molecule has 2 N–H and O–H groups in total. The molecule has 1 fully saturated rings. The highest BCUT2D eigenvalue weighted by atomic mass is 16.3. The molecule has 1 saturated carbocycles. The van der Waals surface area contributed by atoms with Crippen LogP contribution in [0.25, 0.3) is 0 Å². The van der Waals surface area contributed by atoms with E-state index < -0.39 is 0 Å². The van der Waals surface area contributed by atoms with Gasteiger partial charge in [-0.3, -0.25) is 4.90 Å². The zero-order valence-corrected chi connectivity index (χ0v) is 10.8. The molecule has 1 aliphatic rings. The molecule has 1 aromatic rings. The maximum absolute atomic E-state index is 5.56. The van der Waals surface area contributed by atoms with E-state index in [4.69, 9.17) is 10.2 Å². The van der Waals surface area contributed by atoms with Crippen molar-refractivity contribution >= 4 is 0 Å². The summed E-state index contributed by atoms with van der Waals surface area (Å²) in [5, 5.41) is 0. The average Bonchev–Trinajstić information content (AvgIpc) is 3.05. The zero-order chi connectivity index (χ0) is 12.1. The van der Waals surface area contributed by atoms with Crippen molar-refractivity contribution in [2.24, 2.45) is 11.7 Å². The molecular weight excluding hydrogens is 212 g/mol. The molecule has 0 radical (unpaired) electrons. The molecule has 0 aromatic carbocycles. The van der Waals surface area contributed by atoms with Gasteiger partial charge in [0.15, 0.2) is 0 Å². The van der Waals surface area contributed by atoms with Crippen LogP contribution in [-0.4, -0.2) is 24.0 Å². The van der Waals surface area contributed by atoms with Crippen LogP contribution in [0, 0.1) is 5.92 Å². The fourth-order valence-electron chi connectivity index (χ4n) is 2.34. The van der Waals surface area contributed by atoms with Crippen molar-refractivity contribution in [1.82, 2.24) is 4.90 Å². The standard InChI is InChI=1S/C14H24N2O/c1-12(4-2-8-15)10-16(13-6-7-13)11-14-5-3-9-17-14/h3,5,9,12-13H,2,4,6-8,10-11,15H2,1H3. The van der Waals surface area contributed by atoms with Gasteiger partial charge in [0.25, 0.3) is 0 Å². The Kier molecular flexibility index (Phi) is 4.63. The van der Waals surface area contributed by atoms with Gasteiger partial charge in [0, 0.05) is 12.6 Å². The Labute approximate surface area is 104 Å². The molecule has 0 spiro atoms. The molecule has 0 aliphatic heterocycles. The summed E-state index contributed by atoms with van der Waals surface area (Å²) in [6, 6.07) is 4.83. The zero-order valence-electron chi connectivity index (χ0n) is 10.8. The lowest BCUT2D eigenvalue weighted by atomic mass is 10.0. The Balaban J connectivity index is 1.80. The highest BCUT2D eigenvalue weighted by Gasteiger charge is 2.30. The van der Waals surface area contributed by atoms with E-state index in [-0.39, 0.29) is 0 Å². The van der Waals surface area contributed by atoms with Crippen LogP contribution in [0.5, 0.6) is 0 Å². The first-order valence-electron chi connectivity index (χ1n) is 6.76. The quantitative estimate of drug-likeness (QED) is 0.754. The molecule has 0 amide bonds. The molecule has 1 unspecified atom stereocenters. The Morgan fingerprint density at radius 3 is 2.94 bits per heavy atom. The normalized spacial score (nSPS) is 17.6. The van der Waals surface area contributed by atoms with Gasteiger partial charge in [-0.05, 0) is 50.3 Å². The summed E-state index contributed by atoms with van der Waals surface area (Å²) < 4.78 is 5.44. The van der Waals surface area contributed by atoms with Crippen LogP contribution < -0.4 is 5.73 Å². The monoisotopic (exact) mass is 236 g/mol. The van der Waals surface area contributed by atoms with E-state index in [1.807, 2.05) is 6.07 Å². The van der Waals surface area contributed by atoms with E-state index in [0.29, 0.717) is 0 Å². The van der Waals surface area contributed by atoms with E-state index in [1.54, 1.807) is 6.26 Å². The summed E-state index contributed by atoms with van der Waals surface area (Å²) in [5.74, 6) is 1.82. The van der Waals surface area contributed by atoms with Gasteiger partial charge in [-0.1, -0.05) is 6.92 Å². The Hall–Kier alpha value is -0.800. The summed E-state index contributed by atoms with van der Waals surface area (Å²) in [4.78, 5) is 2.57. The van der Waals surface area contributed by atoms with Crippen molar-refractivity contribution in [3.8, 4) is 0 Å². The molecule has 0 bridgehead atoms. The highest BCUT2D eigenvalue weighted by molar-refractivity contribution is 4.99. The van der Waals surface area contributed by atoms with Crippen LogP contribution in [0.3, 0.4) is 0 Å². The molecular formula is C14H24N2O. The van der Waals surface area contributed by atoms with Crippen molar-refractivity contribution in [1.29, 1.82) is 0 Å². The van der Waals surface area contributed by atoms with Crippen LogP contribution in [0.1, 0.15) is 38.4 Å². The van der Waals surface area contributed by atoms with Crippen molar-refractivity contribution in [2.45, 2.75) is 45.2 Å². The smallest absolute Gasteiger partial charge is 0.117 e. The van der Waals surface area contributed by atoms with E-state index in [9.17, 15) is 0 Å². The predicted octanol–water partition coefficient (Wildman–Crippen LogP) is 2.62. The minimum absolute atomic E-state index is 0.731. The van der Waals surface area contributed by atoms with Crippen LogP contribution in [-0.2, 0) is 6.54 Å². The van der Waals surface area contributed by atoms with Crippen LogP contribution in [0.2, 0.25) is 0 Å². The van der Waals surface area contributed by atoms with Gasteiger partial charge in [0.2, 0.25) is 0 Å². The van der Waals surface area contributed by atoms with E-state index in [2.05, 4.69) is 17.9 Å². The second kappa shape index (κ2) is 6.22. The molecule has 17 heavy (non-hydrogen) atoms. The number of hydrogen-bond acceptors (Lipinski definition) is 3. The summed E-state index contributed by atoms with van der Waals surface area (Å²) in [6.45, 7) is 5.27. The fourth-order valence-corrected chi connectivity index (χ4v) is 2.34. The molecule has 1 atom stereocenters. The summed E-state index contributed by atoms with van der Waals surface area (Å²) >= 11 is 0. The molecule has 3 heteroatoms. The molecule has 1 heterocycles. The third-order valence-electron chi connectivity index (χ3n) is 3.45. The van der Waals surface area contributed by atoms with Crippen LogP contribution >= 0.6 is 0 Å². The first kappa shape index (κ1) is 12.7. The predicted molar refractivity (Wildman–Crippen MR) is 69.6 cm³/mol. The molecule has 96 valence electrons. The lowest BCUT2D eigenvalue weighted by Gasteiger charge is -2.24. The third-order valence-corrected chi connectivity index (χ3v) is 3.45. The second-order valence-electron chi connectivity index (χ2n) is 5.28. The summed E-state index contributed by atoms with van der Waals surface area (Å²) in [6.07, 6.45) is 6.84. The summed E-state index contributed by atoms with van der Waals surface area (Å²) in [7, 11) is 0. The van der Waals surface area contributed by atoms with Crippen molar-refractivity contribution < 1.29 is 4.42 Å². The second-order valence-corrected chi connectivity index (χ2v) is 5.28. The first-order valence-corrected chi connectivity index (χ1v) is 6.76. The Bertz CT molecular complexity index is 306. The van der Waals surface area contributed by atoms with Crippen molar-refractivity contribution in [2.75, 3.05) is 13.1 Å². The molecule has 1 aromatic heterocycles. The number of rotatable bonds is 8. The molecule has 2 rings (SSSR count). The van der Waals surface area contributed by atoms with E-state index in [0.717, 1.165) is 37.2 Å². The maximum Gasteiger partial charge on any atom is 0.117 e. The van der Waals surface area contributed by atoms with Gasteiger partial charge in [-0.2, -0.15) is 0 Å². The average molecular weight is 236 g/mol. The summed E-state index contributed by atoms with van der Waals surface area (Å²) in [5.41, 5.74) is 5.56. The first-order chi connectivity index (χ1) is 8.29. The van der Waals surface area contributed by atoms with Gasteiger partial charge < -0.3 is 10.2 Å². The van der Waals surface area contributed by atoms with Crippen molar-refractivity contribution in [3.05, 3.63) is 24.2 Å². The Morgan fingerprint density at radius 1 is 1.53 bits per heavy atom. The fraction of sp³-hybridized carbons (Fsp3) is 0.714. The minimum atomic E-state index is 0.731. The van der Waals surface area contributed by atoms with Crippen molar-refractivity contribution in [3.63, 3.8) is 0 Å². The highest BCUT2D eigenvalue weighted by Crippen LogP contribution is 2.29. The van der Waals surface area contributed by atoms with Gasteiger partial charge in [0.1, 0.15) is 5.76 Å². The maximum atomic E-state index is 5.56. The molecule has 3 nitrogen and oxygen atoms in total.